The fourth-order valence-electron chi connectivity index (χ4n) is 4.98. The summed E-state index contributed by atoms with van der Waals surface area (Å²) in [5.41, 5.74) is 4.09. The first-order valence-corrected chi connectivity index (χ1v) is 14.1. The summed E-state index contributed by atoms with van der Waals surface area (Å²) in [5.74, 6) is -1.24. The van der Waals surface area contributed by atoms with Crippen LogP contribution in [0.2, 0.25) is 0 Å². The van der Waals surface area contributed by atoms with Crippen LogP contribution in [0.5, 0.6) is 0 Å². The second-order valence-corrected chi connectivity index (χ2v) is 10.9. The van der Waals surface area contributed by atoms with Crippen molar-refractivity contribution < 1.29 is 23.0 Å². The van der Waals surface area contributed by atoms with E-state index in [2.05, 4.69) is 44.7 Å². The highest BCUT2D eigenvalue weighted by molar-refractivity contribution is 6.11. The van der Waals surface area contributed by atoms with Crippen LogP contribution in [0.1, 0.15) is 27.9 Å². The van der Waals surface area contributed by atoms with Crippen molar-refractivity contribution in [3.05, 3.63) is 82.9 Å². The molecule has 4 rings (SSSR count). The van der Waals surface area contributed by atoms with Crippen molar-refractivity contribution in [3.8, 4) is 0 Å². The lowest BCUT2D eigenvalue weighted by atomic mass is 10.0. The molecule has 0 aliphatic carbocycles. The zero-order valence-corrected chi connectivity index (χ0v) is 25.3. The molecular formula is C32H40F2N6O3. The van der Waals surface area contributed by atoms with Gasteiger partial charge in [-0.15, -0.1) is 0 Å². The number of hydrogen-bond acceptors (Lipinski definition) is 7. The molecule has 3 aromatic carbocycles. The third-order valence-electron chi connectivity index (χ3n) is 7.07. The number of nitrogens with zero attached hydrogens (tertiary/aromatic N) is 3. The van der Waals surface area contributed by atoms with Gasteiger partial charge in [-0.1, -0.05) is 6.07 Å². The molecule has 0 spiro atoms. The lowest BCUT2D eigenvalue weighted by molar-refractivity contribution is 0.102. The average molecular weight is 595 g/mol. The standard InChI is InChI=1S/C32H40F2N6O3/c1-39(2)11-6-12-40(3)26-8-9-27(30(18-26)35-25(19-42-4)20-43-5)32(41)36-31-28-16-21(7-10-29(28)37-38-31)13-22-14-23(33)17-24(34)15-22/h7-10,14-18,25,35H,6,11-13,19-20H2,1-5H3,(H2,36,37,38,41). The van der Waals surface area contributed by atoms with Crippen molar-refractivity contribution >= 4 is 34.0 Å². The topological polar surface area (TPSA) is 94.8 Å². The largest absolute Gasteiger partial charge is 0.382 e. The molecule has 0 atom stereocenters. The number of hydrogen-bond donors (Lipinski definition) is 3. The molecule has 1 amide bonds. The zero-order valence-electron chi connectivity index (χ0n) is 25.3. The van der Waals surface area contributed by atoms with E-state index in [4.69, 9.17) is 9.47 Å². The van der Waals surface area contributed by atoms with E-state index in [1.54, 1.807) is 20.3 Å². The molecular weight excluding hydrogens is 554 g/mol. The Morgan fingerprint density at radius 2 is 1.65 bits per heavy atom. The van der Waals surface area contributed by atoms with Gasteiger partial charge in [-0.2, -0.15) is 5.10 Å². The van der Waals surface area contributed by atoms with Gasteiger partial charge in [-0.05, 0) is 87.1 Å². The summed E-state index contributed by atoms with van der Waals surface area (Å²) in [4.78, 5) is 18.0. The maximum atomic E-state index is 13.7. The van der Waals surface area contributed by atoms with E-state index in [1.807, 2.05) is 37.4 Å². The molecule has 1 heterocycles. The monoisotopic (exact) mass is 594 g/mol. The van der Waals surface area contributed by atoms with Gasteiger partial charge >= 0.3 is 0 Å². The van der Waals surface area contributed by atoms with E-state index in [9.17, 15) is 13.6 Å². The molecule has 3 N–H and O–H groups in total. The van der Waals surface area contributed by atoms with Gasteiger partial charge in [0.05, 0.1) is 30.3 Å². The van der Waals surface area contributed by atoms with E-state index in [1.165, 1.54) is 12.1 Å². The van der Waals surface area contributed by atoms with Crippen molar-refractivity contribution in [1.82, 2.24) is 15.1 Å². The van der Waals surface area contributed by atoms with E-state index >= 15 is 0 Å². The minimum atomic E-state index is -0.624. The number of fused-ring (bicyclic) bond motifs is 1. The average Bonchev–Trinajstić information content (AvgIpc) is 3.34. The van der Waals surface area contributed by atoms with Gasteiger partial charge in [0.15, 0.2) is 5.82 Å². The quantitative estimate of drug-likeness (QED) is 0.175. The molecule has 0 bridgehead atoms. The second kappa shape index (κ2) is 14.9. The maximum absolute atomic E-state index is 13.7. The molecule has 43 heavy (non-hydrogen) atoms. The van der Waals surface area contributed by atoms with Crippen LogP contribution in [0.25, 0.3) is 10.9 Å². The number of aromatic amines is 1. The van der Waals surface area contributed by atoms with Crippen LogP contribution < -0.4 is 15.5 Å². The highest BCUT2D eigenvalue weighted by Crippen LogP contribution is 2.28. The van der Waals surface area contributed by atoms with Gasteiger partial charge < -0.3 is 29.9 Å². The van der Waals surface area contributed by atoms with Crippen LogP contribution in [0.4, 0.5) is 26.0 Å². The molecule has 0 radical (unpaired) electrons. The predicted octanol–water partition coefficient (Wildman–Crippen LogP) is 5.15. The molecule has 9 nitrogen and oxygen atoms in total. The number of rotatable bonds is 15. The number of H-pyrrole nitrogens is 1. The van der Waals surface area contributed by atoms with Crippen LogP contribution >= 0.6 is 0 Å². The fourth-order valence-corrected chi connectivity index (χ4v) is 4.98. The summed E-state index contributed by atoms with van der Waals surface area (Å²) in [6, 6.07) is 14.5. The normalized spacial score (nSPS) is 11.5. The molecule has 11 heteroatoms. The SMILES string of the molecule is COCC(COC)Nc1cc(N(C)CCCN(C)C)ccc1C(=O)Nc1n[nH]c2ccc(Cc3cc(F)cc(F)c3)cc12. The first-order valence-electron chi connectivity index (χ1n) is 14.1. The summed E-state index contributed by atoms with van der Waals surface area (Å²) < 4.78 is 38.2. The number of carbonyl (C=O) groups excluding carboxylic acids is 1. The van der Waals surface area contributed by atoms with Crippen molar-refractivity contribution in [2.45, 2.75) is 18.9 Å². The summed E-state index contributed by atoms with van der Waals surface area (Å²) in [5, 5.41) is 14.3. The Hall–Kier alpha value is -4.06. The molecule has 230 valence electrons. The lowest BCUT2D eigenvalue weighted by Gasteiger charge is -2.24. The van der Waals surface area contributed by atoms with Crippen molar-refractivity contribution in [2.24, 2.45) is 0 Å². The highest BCUT2D eigenvalue weighted by atomic mass is 19.1. The molecule has 0 unspecified atom stereocenters. The number of amides is 1. The summed E-state index contributed by atoms with van der Waals surface area (Å²) in [7, 11) is 9.37. The molecule has 0 saturated heterocycles. The van der Waals surface area contributed by atoms with Crippen LogP contribution in [-0.2, 0) is 15.9 Å². The van der Waals surface area contributed by atoms with Gasteiger partial charge in [0.1, 0.15) is 11.6 Å². The molecule has 0 fully saturated rings. The Labute approximate surface area is 251 Å². The number of carbonyl (C=O) groups is 1. The number of aromatic nitrogens is 2. The van der Waals surface area contributed by atoms with E-state index < -0.39 is 11.6 Å². The lowest BCUT2D eigenvalue weighted by Crippen LogP contribution is -2.31. The minimum Gasteiger partial charge on any atom is -0.382 e. The van der Waals surface area contributed by atoms with Gasteiger partial charge in [0, 0.05) is 50.6 Å². The van der Waals surface area contributed by atoms with Gasteiger partial charge in [0.2, 0.25) is 0 Å². The third kappa shape index (κ3) is 8.73. The van der Waals surface area contributed by atoms with Crippen LogP contribution in [0, 0.1) is 11.6 Å². The van der Waals surface area contributed by atoms with E-state index in [0.717, 1.165) is 42.3 Å². The highest BCUT2D eigenvalue weighted by Gasteiger charge is 2.19. The predicted molar refractivity (Wildman–Crippen MR) is 167 cm³/mol. The molecule has 0 aliphatic rings. The molecule has 4 aromatic rings. The zero-order chi connectivity index (χ0) is 30.9. The van der Waals surface area contributed by atoms with Gasteiger partial charge in [-0.25, -0.2) is 8.78 Å². The third-order valence-corrected chi connectivity index (χ3v) is 7.07. The first-order chi connectivity index (χ1) is 20.7. The van der Waals surface area contributed by atoms with E-state index in [-0.39, 0.29) is 11.9 Å². The summed E-state index contributed by atoms with van der Waals surface area (Å²) >= 11 is 0. The van der Waals surface area contributed by atoms with E-state index in [0.29, 0.717) is 47.7 Å². The molecule has 0 aliphatic heterocycles. The summed E-state index contributed by atoms with van der Waals surface area (Å²) in [6.07, 6.45) is 1.31. The number of methoxy groups -OCH3 is 2. The number of benzene rings is 3. The van der Waals surface area contributed by atoms with Crippen LogP contribution in [0.15, 0.2) is 54.6 Å². The number of anilines is 3. The van der Waals surface area contributed by atoms with Crippen molar-refractivity contribution in [1.29, 1.82) is 0 Å². The Bertz CT molecular complexity index is 1500. The molecule has 0 saturated carbocycles. The van der Waals surface area contributed by atoms with Crippen LogP contribution in [0.3, 0.4) is 0 Å². The van der Waals surface area contributed by atoms with Crippen molar-refractivity contribution in [3.63, 3.8) is 0 Å². The second-order valence-electron chi connectivity index (χ2n) is 10.9. The Kier molecular flexibility index (Phi) is 11.0. The summed E-state index contributed by atoms with van der Waals surface area (Å²) in [6.45, 7) is 2.60. The minimum absolute atomic E-state index is 0.183. The van der Waals surface area contributed by atoms with Gasteiger partial charge in [0.25, 0.3) is 5.91 Å². The Balaban J connectivity index is 1.59. The number of halogens is 2. The smallest absolute Gasteiger partial charge is 0.258 e. The Morgan fingerprint density at radius 3 is 2.33 bits per heavy atom. The maximum Gasteiger partial charge on any atom is 0.258 e. The number of nitrogens with one attached hydrogen (secondary N) is 3. The first kappa shape index (κ1) is 31.9. The Morgan fingerprint density at radius 1 is 0.930 bits per heavy atom. The van der Waals surface area contributed by atoms with Crippen molar-refractivity contribution in [2.75, 3.05) is 77.2 Å². The number of ether oxygens (including phenoxy) is 2. The van der Waals surface area contributed by atoms with Crippen LogP contribution in [-0.4, -0.2) is 88.7 Å². The fraction of sp³-hybridized carbons (Fsp3) is 0.375. The van der Waals surface area contributed by atoms with Gasteiger partial charge in [-0.3, -0.25) is 9.89 Å². The molecule has 1 aromatic heterocycles.